The highest BCUT2D eigenvalue weighted by Gasteiger charge is 2.28. The fourth-order valence-corrected chi connectivity index (χ4v) is 2.34. The van der Waals surface area contributed by atoms with Gasteiger partial charge in [-0.15, -0.1) is 0 Å². The summed E-state index contributed by atoms with van der Waals surface area (Å²) < 4.78 is 0. The molecule has 0 saturated carbocycles. The quantitative estimate of drug-likeness (QED) is 0.676. The number of nitrogens with one attached hydrogen (secondary N) is 1. The van der Waals surface area contributed by atoms with Crippen molar-refractivity contribution in [2.24, 2.45) is 5.92 Å². The van der Waals surface area contributed by atoms with Crippen LogP contribution in [0.2, 0.25) is 0 Å². The van der Waals surface area contributed by atoms with E-state index in [1.807, 2.05) is 0 Å². The molecule has 4 nitrogen and oxygen atoms in total. The predicted molar refractivity (Wildman–Crippen MR) is 56.2 cm³/mol. The summed E-state index contributed by atoms with van der Waals surface area (Å²) in [4.78, 5) is 24.6. The van der Waals surface area contributed by atoms with Crippen LogP contribution in [-0.4, -0.2) is 36.3 Å². The van der Waals surface area contributed by atoms with Crippen molar-refractivity contribution in [2.45, 2.75) is 32.1 Å². The third-order valence-electron chi connectivity index (χ3n) is 3.22. The Labute approximate surface area is 90.0 Å². The molecule has 2 aliphatic heterocycles. The molecular formula is C11H18N2O2. The minimum absolute atomic E-state index is 0.0248. The number of rotatable bonds is 2. The van der Waals surface area contributed by atoms with E-state index in [0.717, 1.165) is 32.4 Å². The van der Waals surface area contributed by atoms with Crippen LogP contribution in [0.25, 0.3) is 0 Å². The summed E-state index contributed by atoms with van der Waals surface area (Å²) in [6, 6.07) is 0. The van der Waals surface area contributed by atoms with Gasteiger partial charge in [0, 0.05) is 19.4 Å². The highest BCUT2D eigenvalue weighted by Crippen LogP contribution is 2.17. The van der Waals surface area contributed by atoms with Crippen LogP contribution in [0.15, 0.2) is 0 Å². The number of likely N-dealkylation sites (tertiary alicyclic amines) is 1. The van der Waals surface area contributed by atoms with Gasteiger partial charge in [0.2, 0.25) is 11.8 Å². The lowest BCUT2D eigenvalue weighted by Gasteiger charge is -2.31. The van der Waals surface area contributed by atoms with Gasteiger partial charge in [-0.1, -0.05) is 0 Å². The molecule has 0 spiro atoms. The Bertz CT molecular complexity index is 243. The van der Waals surface area contributed by atoms with Crippen molar-refractivity contribution < 1.29 is 9.59 Å². The Morgan fingerprint density at radius 2 is 1.93 bits per heavy atom. The third kappa shape index (κ3) is 2.56. The molecule has 15 heavy (non-hydrogen) atoms. The van der Waals surface area contributed by atoms with Crippen molar-refractivity contribution >= 4 is 11.8 Å². The zero-order valence-electron chi connectivity index (χ0n) is 9.00. The van der Waals surface area contributed by atoms with Gasteiger partial charge in [-0.25, -0.2) is 0 Å². The Kier molecular flexibility index (Phi) is 3.36. The molecule has 2 amide bonds. The summed E-state index contributed by atoms with van der Waals surface area (Å²) in [6.07, 6.45) is 4.11. The molecule has 1 N–H and O–H groups in total. The molecule has 2 fully saturated rings. The van der Waals surface area contributed by atoms with Crippen molar-refractivity contribution in [1.29, 1.82) is 0 Å². The maximum atomic E-state index is 11.6. The van der Waals surface area contributed by atoms with Gasteiger partial charge in [-0.3, -0.25) is 14.5 Å². The average molecular weight is 210 g/mol. The summed E-state index contributed by atoms with van der Waals surface area (Å²) >= 11 is 0. The van der Waals surface area contributed by atoms with E-state index in [2.05, 4.69) is 5.32 Å². The largest absolute Gasteiger partial charge is 0.316 e. The first kappa shape index (κ1) is 10.6. The first-order chi connectivity index (χ1) is 7.27. The molecule has 2 aliphatic rings. The Morgan fingerprint density at radius 3 is 2.53 bits per heavy atom. The van der Waals surface area contributed by atoms with Crippen LogP contribution in [0.1, 0.15) is 32.1 Å². The van der Waals surface area contributed by atoms with Crippen LogP contribution in [0.5, 0.6) is 0 Å². The van der Waals surface area contributed by atoms with Gasteiger partial charge in [0.25, 0.3) is 0 Å². The molecule has 4 heteroatoms. The van der Waals surface area contributed by atoms with Crippen molar-refractivity contribution in [3.8, 4) is 0 Å². The summed E-state index contributed by atoms with van der Waals surface area (Å²) in [5.41, 5.74) is 0. The maximum absolute atomic E-state index is 11.6. The van der Waals surface area contributed by atoms with Gasteiger partial charge in [-0.2, -0.15) is 0 Å². The first-order valence-corrected chi connectivity index (χ1v) is 5.81. The molecule has 0 aromatic rings. The molecule has 2 rings (SSSR count). The van der Waals surface area contributed by atoms with Crippen LogP contribution >= 0.6 is 0 Å². The van der Waals surface area contributed by atoms with Crippen molar-refractivity contribution in [2.75, 3.05) is 19.6 Å². The summed E-state index contributed by atoms with van der Waals surface area (Å²) in [5, 5.41) is 3.30. The smallest absolute Gasteiger partial charge is 0.229 e. The second-order valence-electron chi connectivity index (χ2n) is 4.46. The molecule has 2 saturated heterocycles. The van der Waals surface area contributed by atoms with E-state index in [0.29, 0.717) is 25.3 Å². The zero-order valence-corrected chi connectivity index (χ0v) is 9.00. The number of carbonyl (C=O) groups is 2. The van der Waals surface area contributed by atoms with E-state index in [1.54, 1.807) is 0 Å². The molecule has 0 aliphatic carbocycles. The predicted octanol–water partition coefficient (Wildman–Crippen LogP) is 0.525. The van der Waals surface area contributed by atoms with E-state index >= 15 is 0 Å². The molecule has 1 atom stereocenters. The molecular weight excluding hydrogens is 192 g/mol. The monoisotopic (exact) mass is 210 g/mol. The highest BCUT2D eigenvalue weighted by atomic mass is 16.2. The summed E-state index contributed by atoms with van der Waals surface area (Å²) in [7, 11) is 0. The minimum Gasteiger partial charge on any atom is -0.316 e. The van der Waals surface area contributed by atoms with E-state index in [4.69, 9.17) is 0 Å². The van der Waals surface area contributed by atoms with Gasteiger partial charge >= 0.3 is 0 Å². The lowest BCUT2D eigenvalue weighted by atomic mass is 9.97. The van der Waals surface area contributed by atoms with Gasteiger partial charge in [0.15, 0.2) is 0 Å². The number of carbonyl (C=O) groups excluding carboxylic acids is 2. The minimum atomic E-state index is 0.0248. The summed E-state index contributed by atoms with van der Waals surface area (Å²) in [5.74, 6) is 0.512. The molecule has 1 unspecified atom stereocenters. The van der Waals surface area contributed by atoms with Crippen molar-refractivity contribution in [3.05, 3.63) is 0 Å². The number of nitrogens with zero attached hydrogens (tertiary/aromatic N) is 1. The molecule has 0 radical (unpaired) electrons. The van der Waals surface area contributed by atoms with E-state index in [-0.39, 0.29) is 11.8 Å². The van der Waals surface area contributed by atoms with Crippen LogP contribution in [0.3, 0.4) is 0 Å². The standard InChI is InChI=1S/C11H18N2O2/c14-10-4-1-5-11(15)13(10)8-9-3-2-6-12-7-9/h9,12H,1-8H2. The van der Waals surface area contributed by atoms with Crippen LogP contribution in [0.4, 0.5) is 0 Å². The topological polar surface area (TPSA) is 49.4 Å². The fourth-order valence-electron chi connectivity index (χ4n) is 2.34. The maximum Gasteiger partial charge on any atom is 0.229 e. The number of hydrogen-bond donors (Lipinski definition) is 1. The van der Waals surface area contributed by atoms with Gasteiger partial charge in [-0.05, 0) is 38.3 Å². The zero-order chi connectivity index (χ0) is 10.7. The lowest BCUT2D eigenvalue weighted by molar-refractivity contribution is -0.148. The second kappa shape index (κ2) is 4.75. The first-order valence-electron chi connectivity index (χ1n) is 5.81. The van der Waals surface area contributed by atoms with Crippen LogP contribution in [0, 0.1) is 5.92 Å². The van der Waals surface area contributed by atoms with Gasteiger partial charge in [0.1, 0.15) is 0 Å². The van der Waals surface area contributed by atoms with E-state index < -0.39 is 0 Å². The van der Waals surface area contributed by atoms with Crippen LogP contribution in [-0.2, 0) is 9.59 Å². The number of hydrogen-bond acceptors (Lipinski definition) is 3. The Morgan fingerprint density at radius 1 is 1.20 bits per heavy atom. The normalized spacial score (nSPS) is 28.3. The molecule has 0 aromatic carbocycles. The van der Waals surface area contributed by atoms with E-state index in [1.165, 1.54) is 4.90 Å². The molecule has 84 valence electrons. The van der Waals surface area contributed by atoms with Crippen molar-refractivity contribution in [3.63, 3.8) is 0 Å². The number of piperidine rings is 2. The lowest BCUT2D eigenvalue weighted by Crippen LogP contribution is -2.45. The number of imide groups is 1. The Balaban J connectivity index is 1.90. The molecule has 0 bridgehead atoms. The van der Waals surface area contributed by atoms with Crippen molar-refractivity contribution in [1.82, 2.24) is 10.2 Å². The molecule has 0 aromatic heterocycles. The average Bonchev–Trinajstić information content (AvgIpc) is 2.25. The van der Waals surface area contributed by atoms with Gasteiger partial charge in [0.05, 0.1) is 0 Å². The van der Waals surface area contributed by atoms with Gasteiger partial charge < -0.3 is 5.32 Å². The molecule has 2 heterocycles. The SMILES string of the molecule is O=C1CCCC(=O)N1CC1CCCNC1. The van der Waals surface area contributed by atoms with E-state index in [9.17, 15) is 9.59 Å². The second-order valence-corrected chi connectivity index (χ2v) is 4.46. The highest BCUT2D eigenvalue weighted by molar-refractivity contribution is 5.97. The third-order valence-corrected chi connectivity index (χ3v) is 3.22. The number of amides is 2. The fraction of sp³-hybridized carbons (Fsp3) is 0.818. The van der Waals surface area contributed by atoms with Crippen LogP contribution < -0.4 is 5.32 Å². The summed E-state index contributed by atoms with van der Waals surface area (Å²) in [6.45, 7) is 2.64. The Hall–Kier alpha value is -0.900.